The second kappa shape index (κ2) is 6.42. The van der Waals surface area contributed by atoms with E-state index in [9.17, 15) is 0 Å². The van der Waals surface area contributed by atoms with Gasteiger partial charge in [0, 0.05) is 10.4 Å². The molecule has 0 spiro atoms. The molecule has 1 aromatic heterocycles. The van der Waals surface area contributed by atoms with E-state index >= 15 is 0 Å². The minimum Gasteiger partial charge on any atom is -0.459 e. The van der Waals surface area contributed by atoms with E-state index in [-0.39, 0.29) is 6.04 Å². The van der Waals surface area contributed by atoms with Crippen molar-refractivity contribution in [2.24, 2.45) is 0 Å². The van der Waals surface area contributed by atoms with Crippen molar-refractivity contribution >= 4 is 22.6 Å². The Balaban J connectivity index is 2.22. The van der Waals surface area contributed by atoms with E-state index in [1.54, 1.807) is 0 Å². The fraction of sp³-hybridized carbons (Fsp3) is 0.467. The Labute approximate surface area is 119 Å². The summed E-state index contributed by atoms with van der Waals surface area (Å²) in [6.45, 7) is 4.06. The molecule has 1 unspecified atom stereocenters. The van der Waals surface area contributed by atoms with Gasteiger partial charge in [-0.05, 0) is 57.9 Å². The fourth-order valence-corrected chi connectivity index (χ4v) is 2.37. The Morgan fingerprint density at radius 3 is 2.79 bits per heavy atom. The third kappa shape index (κ3) is 3.72. The van der Waals surface area contributed by atoms with Crippen LogP contribution in [0, 0.1) is 0 Å². The average molecular weight is 281 g/mol. The van der Waals surface area contributed by atoms with Crippen LogP contribution < -0.4 is 5.32 Å². The second-order valence-electron chi connectivity index (χ2n) is 5.03. The smallest absolute Gasteiger partial charge is 0.134 e. The fourth-order valence-electron chi connectivity index (χ4n) is 2.19. The lowest BCUT2D eigenvalue weighted by atomic mass is 10.1. The van der Waals surface area contributed by atoms with Crippen LogP contribution in [-0.4, -0.2) is 32.1 Å². The summed E-state index contributed by atoms with van der Waals surface area (Å²) in [6, 6.07) is 8.07. The van der Waals surface area contributed by atoms with Gasteiger partial charge in [-0.1, -0.05) is 18.5 Å². The van der Waals surface area contributed by atoms with Crippen molar-refractivity contribution in [3.05, 3.63) is 35.0 Å². The zero-order chi connectivity index (χ0) is 13.8. The number of nitrogens with zero attached hydrogens (tertiary/aromatic N) is 1. The largest absolute Gasteiger partial charge is 0.459 e. The first-order chi connectivity index (χ1) is 9.10. The van der Waals surface area contributed by atoms with Crippen LogP contribution >= 0.6 is 11.6 Å². The maximum absolute atomic E-state index is 6.01. The van der Waals surface area contributed by atoms with Crippen molar-refractivity contribution in [1.82, 2.24) is 10.2 Å². The van der Waals surface area contributed by atoms with Crippen molar-refractivity contribution in [3.8, 4) is 0 Å². The maximum atomic E-state index is 6.01. The number of hydrogen-bond donors (Lipinski definition) is 1. The number of halogens is 1. The molecule has 2 aromatic rings. The summed E-state index contributed by atoms with van der Waals surface area (Å²) in [5.41, 5.74) is 0.896. The van der Waals surface area contributed by atoms with Gasteiger partial charge in [-0.15, -0.1) is 0 Å². The van der Waals surface area contributed by atoms with Crippen LogP contribution in [0.25, 0.3) is 11.0 Å². The normalized spacial score (nSPS) is 13.3. The zero-order valence-corrected chi connectivity index (χ0v) is 12.5. The summed E-state index contributed by atoms with van der Waals surface area (Å²) in [7, 11) is 4.17. The standard InChI is InChI=1S/C15H21ClN2O/c1-4-17-13(7-8-18(2)3)15-10-11-9-12(16)5-6-14(11)19-15/h5-6,9-10,13,17H,4,7-8H2,1-3H3. The number of rotatable bonds is 6. The molecule has 0 saturated carbocycles. The van der Waals surface area contributed by atoms with Crippen LogP contribution in [0.15, 0.2) is 28.7 Å². The van der Waals surface area contributed by atoms with E-state index in [1.807, 2.05) is 18.2 Å². The Bertz CT molecular complexity index is 536. The molecule has 1 aromatic carbocycles. The number of fused-ring (bicyclic) bond motifs is 1. The Kier molecular flexibility index (Phi) is 4.86. The first-order valence-electron chi connectivity index (χ1n) is 6.67. The Hall–Kier alpha value is -1.03. The zero-order valence-electron chi connectivity index (χ0n) is 11.7. The van der Waals surface area contributed by atoms with Gasteiger partial charge < -0.3 is 14.6 Å². The van der Waals surface area contributed by atoms with E-state index in [0.29, 0.717) is 0 Å². The van der Waals surface area contributed by atoms with Gasteiger partial charge in [0.1, 0.15) is 11.3 Å². The second-order valence-corrected chi connectivity index (χ2v) is 5.47. The van der Waals surface area contributed by atoms with Gasteiger partial charge in [-0.25, -0.2) is 0 Å². The van der Waals surface area contributed by atoms with E-state index in [2.05, 4.69) is 37.3 Å². The SMILES string of the molecule is CCNC(CCN(C)C)c1cc2cc(Cl)ccc2o1. The highest BCUT2D eigenvalue weighted by Crippen LogP contribution is 2.27. The van der Waals surface area contributed by atoms with Gasteiger partial charge in [0.25, 0.3) is 0 Å². The molecule has 1 atom stereocenters. The summed E-state index contributed by atoms with van der Waals surface area (Å²) in [5, 5.41) is 5.29. The third-order valence-electron chi connectivity index (χ3n) is 3.16. The highest BCUT2D eigenvalue weighted by atomic mass is 35.5. The number of hydrogen-bond acceptors (Lipinski definition) is 3. The molecule has 1 heterocycles. The van der Waals surface area contributed by atoms with Crippen molar-refractivity contribution < 1.29 is 4.42 Å². The number of furan rings is 1. The maximum Gasteiger partial charge on any atom is 0.134 e. The highest BCUT2D eigenvalue weighted by molar-refractivity contribution is 6.31. The van der Waals surface area contributed by atoms with E-state index in [4.69, 9.17) is 16.0 Å². The highest BCUT2D eigenvalue weighted by Gasteiger charge is 2.15. The minimum absolute atomic E-state index is 0.249. The van der Waals surface area contributed by atoms with Crippen molar-refractivity contribution in [2.45, 2.75) is 19.4 Å². The topological polar surface area (TPSA) is 28.4 Å². The van der Waals surface area contributed by atoms with Crippen molar-refractivity contribution in [2.75, 3.05) is 27.2 Å². The molecule has 0 saturated heterocycles. The van der Waals surface area contributed by atoms with E-state index < -0.39 is 0 Å². The van der Waals surface area contributed by atoms with Gasteiger partial charge in [-0.3, -0.25) is 0 Å². The molecule has 0 aliphatic carbocycles. The lowest BCUT2D eigenvalue weighted by molar-refractivity contribution is 0.340. The van der Waals surface area contributed by atoms with Gasteiger partial charge in [0.05, 0.1) is 6.04 Å². The molecule has 3 nitrogen and oxygen atoms in total. The molecule has 19 heavy (non-hydrogen) atoms. The molecule has 0 aliphatic rings. The van der Waals surface area contributed by atoms with Crippen LogP contribution in [0.1, 0.15) is 25.1 Å². The first-order valence-corrected chi connectivity index (χ1v) is 7.05. The van der Waals surface area contributed by atoms with Crippen molar-refractivity contribution in [3.63, 3.8) is 0 Å². The van der Waals surface area contributed by atoms with Crippen LogP contribution in [0.2, 0.25) is 5.02 Å². The molecule has 2 rings (SSSR count). The summed E-state index contributed by atoms with van der Waals surface area (Å²) in [4.78, 5) is 2.18. The monoisotopic (exact) mass is 280 g/mol. The number of nitrogens with one attached hydrogen (secondary N) is 1. The van der Waals surface area contributed by atoms with Gasteiger partial charge >= 0.3 is 0 Å². The predicted molar refractivity (Wildman–Crippen MR) is 80.8 cm³/mol. The minimum atomic E-state index is 0.249. The molecule has 0 amide bonds. The quantitative estimate of drug-likeness (QED) is 0.875. The first kappa shape index (κ1) is 14.4. The molecule has 0 fully saturated rings. The van der Waals surface area contributed by atoms with Gasteiger partial charge in [0.15, 0.2) is 0 Å². The molecule has 0 radical (unpaired) electrons. The van der Waals surface area contributed by atoms with Crippen LogP contribution in [-0.2, 0) is 0 Å². The van der Waals surface area contributed by atoms with Crippen LogP contribution in [0.4, 0.5) is 0 Å². The molecule has 1 N–H and O–H groups in total. The Morgan fingerprint density at radius 2 is 2.11 bits per heavy atom. The summed E-state index contributed by atoms with van der Waals surface area (Å²) in [5.74, 6) is 0.987. The third-order valence-corrected chi connectivity index (χ3v) is 3.39. The molecule has 4 heteroatoms. The summed E-state index contributed by atoms with van der Waals surface area (Å²) < 4.78 is 5.93. The van der Waals surface area contributed by atoms with Crippen LogP contribution in [0.5, 0.6) is 0 Å². The Morgan fingerprint density at radius 1 is 1.32 bits per heavy atom. The van der Waals surface area contributed by atoms with E-state index in [0.717, 1.165) is 41.3 Å². The summed E-state index contributed by atoms with van der Waals surface area (Å²) >= 11 is 6.01. The molecule has 0 aliphatic heterocycles. The van der Waals surface area contributed by atoms with E-state index in [1.165, 1.54) is 0 Å². The molecular weight excluding hydrogens is 260 g/mol. The van der Waals surface area contributed by atoms with Gasteiger partial charge in [0.2, 0.25) is 0 Å². The van der Waals surface area contributed by atoms with Crippen molar-refractivity contribution in [1.29, 1.82) is 0 Å². The lowest BCUT2D eigenvalue weighted by Crippen LogP contribution is -2.25. The summed E-state index contributed by atoms with van der Waals surface area (Å²) in [6.07, 6.45) is 1.02. The average Bonchev–Trinajstić information content (AvgIpc) is 2.76. The molecular formula is C15H21ClN2O. The van der Waals surface area contributed by atoms with Gasteiger partial charge in [-0.2, -0.15) is 0 Å². The predicted octanol–water partition coefficient (Wildman–Crippen LogP) is 3.69. The van der Waals surface area contributed by atoms with Crippen LogP contribution in [0.3, 0.4) is 0 Å². The number of benzene rings is 1. The molecule has 0 bridgehead atoms. The lowest BCUT2D eigenvalue weighted by Gasteiger charge is -2.18. The molecule has 104 valence electrons.